The highest BCUT2D eigenvalue weighted by molar-refractivity contribution is 9.10. The molecule has 114 valence electrons. The normalized spacial score (nSPS) is 10.6. The maximum absolute atomic E-state index is 5.99. The third kappa shape index (κ3) is 5.05. The molecule has 0 saturated carbocycles. The smallest absolute Gasteiger partial charge is 0.211 e. The van der Waals surface area contributed by atoms with Crippen LogP contribution in [0.5, 0.6) is 5.75 Å². The van der Waals surface area contributed by atoms with Crippen molar-refractivity contribution in [3.05, 3.63) is 63.1 Å². The zero-order valence-electron chi connectivity index (χ0n) is 11.5. The molecule has 2 rings (SSSR count). The van der Waals surface area contributed by atoms with Gasteiger partial charge in [0.15, 0.2) is 0 Å². The monoisotopic (exact) mass is 380 g/mol. The number of hydrogen-bond donors (Lipinski definition) is 2. The first-order valence-electron chi connectivity index (χ1n) is 6.33. The second-order valence-electron chi connectivity index (χ2n) is 4.37. The van der Waals surface area contributed by atoms with E-state index in [1.165, 1.54) is 6.21 Å². The first-order valence-corrected chi connectivity index (χ1v) is 7.50. The molecule has 0 fully saturated rings. The maximum Gasteiger partial charge on any atom is 0.211 e. The minimum absolute atomic E-state index is 0.115. The van der Waals surface area contributed by atoms with Crippen LogP contribution in [0.3, 0.4) is 0 Å². The van der Waals surface area contributed by atoms with E-state index >= 15 is 0 Å². The summed E-state index contributed by atoms with van der Waals surface area (Å²) < 4.78 is 6.82. The van der Waals surface area contributed by atoms with E-state index < -0.39 is 0 Å². The highest BCUT2D eigenvalue weighted by atomic mass is 79.9. The molecular weight excluding hydrogens is 368 g/mol. The maximum atomic E-state index is 5.99. The number of ether oxygens (including phenoxy) is 1. The van der Waals surface area contributed by atoms with Crippen molar-refractivity contribution >= 4 is 39.7 Å². The lowest BCUT2D eigenvalue weighted by molar-refractivity contribution is 0.306. The van der Waals surface area contributed by atoms with Gasteiger partial charge in [-0.1, -0.05) is 39.7 Å². The molecule has 4 N–H and O–H groups in total. The van der Waals surface area contributed by atoms with Gasteiger partial charge in [-0.25, -0.2) is 0 Å². The van der Waals surface area contributed by atoms with Crippen LogP contribution >= 0.6 is 27.5 Å². The molecular formula is C15H14BrClN4O. The highest BCUT2D eigenvalue weighted by Gasteiger charge is 2.04. The molecule has 7 heteroatoms. The summed E-state index contributed by atoms with van der Waals surface area (Å²) in [6, 6.07) is 13.1. The second kappa shape index (κ2) is 7.82. The van der Waals surface area contributed by atoms with Gasteiger partial charge in [-0.15, -0.1) is 5.10 Å². The van der Waals surface area contributed by atoms with Gasteiger partial charge < -0.3 is 16.2 Å². The van der Waals surface area contributed by atoms with E-state index in [0.29, 0.717) is 22.9 Å². The lowest BCUT2D eigenvalue weighted by Gasteiger charge is -2.09. The topological polar surface area (TPSA) is 86.0 Å². The lowest BCUT2D eigenvalue weighted by atomic mass is 10.2. The average Bonchev–Trinajstić information content (AvgIpc) is 2.48. The number of hydrogen-bond acceptors (Lipinski definition) is 3. The summed E-state index contributed by atoms with van der Waals surface area (Å²) in [5, 5.41) is 7.91. The predicted molar refractivity (Wildman–Crippen MR) is 93.3 cm³/mol. The van der Waals surface area contributed by atoms with E-state index in [0.717, 1.165) is 10.0 Å². The van der Waals surface area contributed by atoms with Crippen LogP contribution in [-0.4, -0.2) is 12.2 Å². The summed E-state index contributed by atoms with van der Waals surface area (Å²) >= 11 is 9.38. The van der Waals surface area contributed by atoms with Crippen LogP contribution in [-0.2, 0) is 6.61 Å². The van der Waals surface area contributed by atoms with E-state index in [-0.39, 0.29) is 5.96 Å². The molecule has 0 spiro atoms. The summed E-state index contributed by atoms with van der Waals surface area (Å²) in [5.41, 5.74) is 12.2. The molecule has 2 aromatic rings. The van der Waals surface area contributed by atoms with Gasteiger partial charge in [-0.05, 0) is 35.9 Å². The zero-order chi connectivity index (χ0) is 15.9. The predicted octanol–water partition coefficient (Wildman–Crippen LogP) is 3.29. The fraction of sp³-hybridized carbons (Fsp3) is 0.0667. The summed E-state index contributed by atoms with van der Waals surface area (Å²) in [7, 11) is 0. The molecule has 0 atom stereocenters. The van der Waals surface area contributed by atoms with Crippen molar-refractivity contribution in [2.24, 2.45) is 21.7 Å². The van der Waals surface area contributed by atoms with Crippen molar-refractivity contribution < 1.29 is 4.74 Å². The van der Waals surface area contributed by atoms with Crippen molar-refractivity contribution in [3.63, 3.8) is 0 Å². The van der Waals surface area contributed by atoms with Crippen LogP contribution in [0.2, 0.25) is 5.02 Å². The Hall–Kier alpha value is -2.05. The molecule has 0 bridgehead atoms. The van der Waals surface area contributed by atoms with Gasteiger partial charge >= 0.3 is 0 Å². The van der Waals surface area contributed by atoms with E-state index in [2.05, 4.69) is 26.1 Å². The van der Waals surface area contributed by atoms with Crippen molar-refractivity contribution in [2.75, 3.05) is 0 Å². The molecule has 0 heterocycles. The number of rotatable bonds is 5. The Bertz CT molecular complexity index is 697. The van der Waals surface area contributed by atoms with Gasteiger partial charge in [0.25, 0.3) is 0 Å². The minimum atomic E-state index is -0.115. The molecule has 0 aliphatic rings. The zero-order valence-corrected chi connectivity index (χ0v) is 13.9. The molecule has 0 aromatic heterocycles. The van der Waals surface area contributed by atoms with E-state index in [9.17, 15) is 0 Å². The van der Waals surface area contributed by atoms with Gasteiger partial charge in [0, 0.05) is 15.1 Å². The number of guanidine groups is 1. The molecule has 0 amide bonds. The Balaban J connectivity index is 2.14. The van der Waals surface area contributed by atoms with Gasteiger partial charge in [-0.3, -0.25) is 0 Å². The number of benzene rings is 2. The van der Waals surface area contributed by atoms with Gasteiger partial charge in [-0.2, -0.15) is 5.10 Å². The van der Waals surface area contributed by atoms with Gasteiger partial charge in [0.1, 0.15) is 12.4 Å². The third-order valence-corrected chi connectivity index (χ3v) is 3.41. The Morgan fingerprint density at radius 2 is 1.91 bits per heavy atom. The number of halogens is 2. The van der Waals surface area contributed by atoms with Gasteiger partial charge in [0.05, 0.1) is 6.21 Å². The summed E-state index contributed by atoms with van der Waals surface area (Å²) in [6.07, 6.45) is 1.49. The molecule has 2 aromatic carbocycles. The first kappa shape index (κ1) is 16.3. The van der Waals surface area contributed by atoms with Crippen LogP contribution in [0.25, 0.3) is 0 Å². The molecule has 0 radical (unpaired) electrons. The molecule has 0 unspecified atom stereocenters. The van der Waals surface area contributed by atoms with Crippen LogP contribution in [0.4, 0.5) is 0 Å². The third-order valence-electron chi connectivity index (χ3n) is 2.65. The summed E-state index contributed by atoms with van der Waals surface area (Å²) in [6.45, 7) is 0.429. The fourth-order valence-corrected chi connectivity index (χ4v) is 2.10. The standard InChI is InChI=1S/C15H14BrClN4O/c16-12-3-1-10(2-4-12)9-22-14-6-5-13(17)7-11(14)8-20-21-15(18)19/h1-8H,9H2,(H4,18,19,21). The average molecular weight is 382 g/mol. The summed E-state index contributed by atoms with van der Waals surface area (Å²) in [4.78, 5) is 0. The van der Waals surface area contributed by atoms with E-state index in [1.807, 2.05) is 24.3 Å². The Morgan fingerprint density at radius 3 is 2.59 bits per heavy atom. The van der Waals surface area contributed by atoms with Crippen LogP contribution < -0.4 is 16.2 Å². The van der Waals surface area contributed by atoms with Crippen LogP contribution in [0.1, 0.15) is 11.1 Å². The van der Waals surface area contributed by atoms with E-state index in [1.54, 1.807) is 18.2 Å². The Labute approximate surface area is 141 Å². The largest absolute Gasteiger partial charge is 0.488 e. The van der Waals surface area contributed by atoms with Crippen LogP contribution in [0.15, 0.2) is 57.1 Å². The van der Waals surface area contributed by atoms with Crippen molar-refractivity contribution in [3.8, 4) is 5.75 Å². The van der Waals surface area contributed by atoms with Crippen molar-refractivity contribution in [1.29, 1.82) is 0 Å². The number of nitrogens with zero attached hydrogens (tertiary/aromatic N) is 2. The Morgan fingerprint density at radius 1 is 1.18 bits per heavy atom. The minimum Gasteiger partial charge on any atom is -0.488 e. The van der Waals surface area contributed by atoms with Gasteiger partial charge in [0.2, 0.25) is 5.96 Å². The van der Waals surface area contributed by atoms with Crippen molar-refractivity contribution in [1.82, 2.24) is 0 Å². The molecule has 5 nitrogen and oxygen atoms in total. The fourth-order valence-electron chi connectivity index (χ4n) is 1.65. The highest BCUT2D eigenvalue weighted by Crippen LogP contribution is 2.23. The molecule has 0 aliphatic carbocycles. The quantitative estimate of drug-likeness (QED) is 0.473. The van der Waals surface area contributed by atoms with Crippen LogP contribution in [0, 0.1) is 0 Å². The molecule has 0 saturated heterocycles. The van der Waals surface area contributed by atoms with E-state index in [4.69, 9.17) is 27.8 Å². The molecule has 0 aliphatic heterocycles. The number of nitrogens with two attached hydrogens (primary N) is 2. The van der Waals surface area contributed by atoms with Crippen molar-refractivity contribution in [2.45, 2.75) is 6.61 Å². The Kier molecular flexibility index (Phi) is 5.80. The lowest BCUT2D eigenvalue weighted by Crippen LogP contribution is -2.21. The molecule has 22 heavy (non-hydrogen) atoms. The SMILES string of the molecule is NC(N)=NN=Cc1cc(Cl)ccc1OCc1ccc(Br)cc1. The summed E-state index contributed by atoms with van der Waals surface area (Å²) in [5.74, 6) is 0.525. The first-order chi connectivity index (χ1) is 10.5. The second-order valence-corrected chi connectivity index (χ2v) is 5.72.